The summed E-state index contributed by atoms with van der Waals surface area (Å²) in [6.07, 6.45) is 0. The number of nitro groups is 1. The number of halogens is 1. The summed E-state index contributed by atoms with van der Waals surface area (Å²) < 4.78 is 12.8. The largest absolute Gasteiger partial charge is 0.326 e. The first kappa shape index (κ1) is 16.6. The summed E-state index contributed by atoms with van der Waals surface area (Å²) in [5, 5.41) is 13.6. The van der Waals surface area contributed by atoms with Gasteiger partial charge in [0.05, 0.1) is 17.5 Å². The van der Waals surface area contributed by atoms with Crippen molar-refractivity contribution in [2.24, 2.45) is 0 Å². The third-order valence-electron chi connectivity index (χ3n) is 3.27. The minimum absolute atomic E-state index is 0.0470. The number of nitrogens with zero attached hydrogens (tertiary/aromatic N) is 1. The Kier molecular flexibility index (Phi) is 5.37. The van der Waals surface area contributed by atoms with E-state index in [0.717, 1.165) is 4.90 Å². The van der Waals surface area contributed by atoms with Gasteiger partial charge in [-0.25, -0.2) is 4.39 Å². The maximum Gasteiger partial charge on any atom is 0.279 e. The van der Waals surface area contributed by atoms with Crippen LogP contribution >= 0.6 is 0 Å². The fourth-order valence-electron chi connectivity index (χ4n) is 2.24. The van der Waals surface area contributed by atoms with E-state index >= 15 is 0 Å². The van der Waals surface area contributed by atoms with Crippen molar-refractivity contribution in [3.05, 3.63) is 70.0 Å². The van der Waals surface area contributed by atoms with Crippen LogP contribution in [0, 0.1) is 15.9 Å². The first-order valence-electron chi connectivity index (χ1n) is 7.04. The molecule has 2 rings (SSSR count). The SMILES string of the molecule is C[NH+](CC(=O)Nc1ccc(F)cc1)Cc1ccccc1[N+](=O)[O-]. The number of benzene rings is 2. The standard InChI is InChI=1S/C16H16FN3O3/c1-19(10-12-4-2-3-5-15(12)20(22)23)11-16(21)18-14-8-6-13(17)7-9-14/h2-9H,10-11H2,1H3,(H,18,21)/p+1. The second kappa shape index (κ2) is 7.46. The van der Waals surface area contributed by atoms with Crippen LogP contribution in [0.5, 0.6) is 0 Å². The van der Waals surface area contributed by atoms with Crippen LogP contribution in [0.3, 0.4) is 0 Å². The van der Waals surface area contributed by atoms with E-state index in [2.05, 4.69) is 5.32 Å². The number of nitrogens with one attached hydrogen (secondary N) is 2. The molecule has 0 saturated carbocycles. The number of anilines is 1. The molecule has 120 valence electrons. The molecule has 0 radical (unpaired) electrons. The summed E-state index contributed by atoms with van der Waals surface area (Å²) in [5.41, 5.74) is 1.13. The van der Waals surface area contributed by atoms with Gasteiger partial charge >= 0.3 is 0 Å². The molecule has 6 nitrogen and oxygen atoms in total. The number of rotatable bonds is 6. The van der Waals surface area contributed by atoms with Crippen molar-refractivity contribution < 1.29 is 19.0 Å². The molecule has 2 aromatic rings. The Morgan fingerprint density at radius 2 is 1.87 bits per heavy atom. The van der Waals surface area contributed by atoms with Gasteiger partial charge in [-0.2, -0.15) is 0 Å². The Morgan fingerprint density at radius 1 is 1.22 bits per heavy atom. The first-order chi connectivity index (χ1) is 11.0. The highest BCUT2D eigenvalue weighted by atomic mass is 19.1. The van der Waals surface area contributed by atoms with Crippen LogP contribution in [0.15, 0.2) is 48.5 Å². The predicted molar refractivity (Wildman–Crippen MR) is 83.6 cm³/mol. The van der Waals surface area contributed by atoms with E-state index in [0.29, 0.717) is 17.8 Å². The molecule has 0 bridgehead atoms. The van der Waals surface area contributed by atoms with Gasteiger partial charge in [0.1, 0.15) is 12.4 Å². The van der Waals surface area contributed by atoms with Gasteiger partial charge in [-0.05, 0) is 30.3 Å². The van der Waals surface area contributed by atoms with Gasteiger partial charge in [0.15, 0.2) is 6.54 Å². The molecule has 2 N–H and O–H groups in total. The number of likely N-dealkylation sites (N-methyl/N-ethyl adjacent to an activating group) is 1. The quantitative estimate of drug-likeness (QED) is 0.624. The lowest BCUT2D eigenvalue weighted by Crippen LogP contribution is -3.08. The van der Waals surface area contributed by atoms with E-state index in [1.165, 1.54) is 30.3 Å². The van der Waals surface area contributed by atoms with Gasteiger partial charge in [-0.15, -0.1) is 0 Å². The highest BCUT2D eigenvalue weighted by Gasteiger charge is 2.17. The molecule has 0 aliphatic heterocycles. The molecule has 1 atom stereocenters. The summed E-state index contributed by atoms with van der Waals surface area (Å²) in [7, 11) is 1.78. The highest BCUT2D eigenvalue weighted by molar-refractivity contribution is 5.91. The number of para-hydroxylation sites is 1. The van der Waals surface area contributed by atoms with E-state index in [1.54, 1.807) is 25.2 Å². The zero-order chi connectivity index (χ0) is 16.8. The summed E-state index contributed by atoms with van der Waals surface area (Å²) in [6.45, 7) is 0.497. The molecule has 1 unspecified atom stereocenters. The van der Waals surface area contributed by atoms with Gasteiger partial charge in [0.25, 0.3) is 11.6 Å². The van der Waals surface area contributed by atoms with E-state index in [1.807, 2.05) is 0 Å². The van der Waals surface area contributed by atoms with Gasteiger partial charge in [-0.3, -0.25) is 14.9 Å². The number of amides is 1. The monoisotopic (exact) mass is 318 g/mol. The number of hydrogen-bond donors (Lipinski definition) is 2. The summed E-state index contributed by atoms with van der Waals surface area (Å²) in [4.78, 5) is 23.3. The number of quaternary nitrogens is 1. The lowest BCUT2D eigenvalue weighted by atomic mass is 10.1. The van der Waals surface area contributed by atoms with Crippen LogP contribution in [-0.4, -0.2) is 24.4 Å². The third kappa shape index (κ3) is 4.86. The fourth-order valence-corrected chi connectivity index (χ4v) is 2.24. The van der Waals surface area contributed by atoms with Gasteiger partial charge < -0.3 is 10.2 Å². The van der Waals surface area contributed by atoms with Crippen molar-refractivity contribution in [2.45, 2.75) is 6.54 Å². The lowest BCUT2D eigenvalue weighted by Gasteiger charge is -2.14. The van der Waals surface area contributed by atoms with E-state index < -0.39 is 4.92 Å². The van der Waals surface area contributed by atoms with Crippen LogP contribution in [0.1, 0.15) is 5.56 Å². The van der Waals surface area contributed by atoms with Crippen molar-refractivity contribution in [3.8, 4) is 0 Å². The number of carbonyl (C=O) groups excluding carboxylic acids is 1. The maximum atomic E-state index is 12.8. The summed E-state index contributed by atoms with van der Waals surface area (Å²) >= 11 is 0. The molecular weight excluding hydrogens is 301 g/mol. The smallest absolute Gasteiger partial charge is 0.279 e. The Hall–Kier alpha value is -2.80. The second-order valence-corrected chi connectivity index (χ2v) is 5.25. The minimum atomic E-state index is -0.429. The second-order valence-electron chi connectivity index (χ2n) is 5.25. The third-order valence-corrected chi connectivity index (χ3v) is 3.27. The summed E-state index contributed by atoms with van der Waals surface area (Å²) in [5.74, 6) is -0.616. The molecule has 1 amide bonds. The number of nitro benzene ring substituents is 1. The molecule has 0 aromatic heterocycles. The molecular formula is C16H17FN3O3+. The van der Waals surface area contributed by atoms with Crippen LogP contribution in [0.25, 0.3) is 0 Å². The molecule has 0 spiro atoms. The Labute approximate surface area is 132 Å². The van der Waals surface area contributed by atoms with Crippen LogP contribution < -0.4 is 10.2 Å². The van der Waals surface area contributed by atoms with E-state index in [4.69, 9.17) is 0 Å². The highest BCUT2D eigenvalue weighted by Crippen LogP contribution is 2.16. The minimum Gasteiger partial charge on any atom is -0.326 e. The number of carbonyl (C=O) groups is 1. The molecule has 23 heavy (non-hydrogen) atoms. The molecule has 0 saturated heterocycles. The Bertz CT molecular complexity index is 704. The molecule has 7 heteroatoms. The van der Waals surface area contributed by atoms with Crippen LogP contribution in [0.2, 0.25) is 0 Å². The maximum absolute atomic E-state index is 12.8. The lowest BCUT2D eigenvalue weighted by molar-refractivity contribution is -0.885. The van der Waals surface area contributed by atoms with Crippen molar-refractivity contribution in [3.63, 3.8) is 0 Å². The topological polar surface area (TPSA) is 76.7 Å². The van der Waals surface area contributed by atoms with Crippen molar-refractivity contribution in [1.29, 1.82) is 0 Å². The van der Waals surface area contributed by atoms with Crippen molar-refractivity contribution >= 4 is 17.3 Å². The molecule has 0 aliphatic rings. The summed E-state index contributed by atoms with van der Waals surface area (Å²) in [6, 6.07) is 11.9. The van der Waals surface area contributed by atoms with E-state index in [9.17, 15) is 19.3 Å². The molecule has 0 fully saturated rings. The Morgan fingerprint density at radius 3 is 2.52 bits per heavy atom. The van der Waals surface area contributed by atoms with Crippen molar-refractivity contribution in [2.75, 3.05) is 18.9 Å². The Balaban J connectivity index is 1.94. The zero-order valence-corrected chi connectivity index (χ0v) is 12.6. The normalized spacial score (nSPS) is 11.7. The fraction of sp³-hybridized carbons (Fsp3) is 0.188. The number of hydrogen-bond acceptors (Lipinski definition) is 3. The van der Waals surface area contributed by atoms with E-state index in [-0.39, 0.29) is 24.0 Å². The van der Waals surface area contributed by atoms with Gasteiger partial charge in [0, 0.05) is 11.8 Å². The molecule has 0 aliphatic carbocycles. The van der Waals surface area contributed by atoms with Crippen LogP contribution in [0.4, 0.5) is 15.8 Å². The first-order valence-corrected chi connectivity index (χ1v) is 7.04. The van der Waals surface area contributed by atoms with Gasteiger partial charge in [-0.1, -0.05) is 12.1 Å². The van der Waals surface area contributed by atoms with Gasteiger partial charge in [0.2, 0.25) is 0 Å². The zero-order valence-electron chi connectivity index (χ0n) is 12.6. The predicted octanol–water partition coefficient (Wildman–Crippen LogP) is 1.39. The molecule has 2 aromatic carbocycles. The van der Waals surface area contributed by atoms with Crippen LogP contribution in [-0.2, 0) is 11.3 Å². The van der Waals surface area contributed by atoms with Crippen molar-refractivity contribution in [1.82, 2.24) is 0 Å². The average molecular weight is 318 g/mol. The molecule has 0 heterocycles. The average Bonchev–Trinajstić information content (AvgIpc) is 2.49.